The van der Waals surface area contributed by atoms with Gasteiger partial charge in [-0.3, -0.25) is 14.4 Å². The van der Waals surface area contributed by atoms with Gasteiger partial charge < -0.3 is 20.3 Å². The Morgan fingerprint density at radius 2 is 1.73 bits per heavy atom. The predicted molar refractivity (Wildman–Crippen MR) is 113 cm³/mol. The van der Waals surface area contributed by atoms with Gasteiger partial charge in [0.2, 0.25) is 17.7 Å². The van der Waals surface area contributed by atoms with Gasteiger partial charge in [0, 0.05) is 25.6 Å². The van der Waals surface area contributed by atoms with Gasteiger partial charge in [-0.25, -0.2) is 0 Å². The summed E-state index contributed by atoms with van der Waals surface area (Å²) in [6.45, 7) is 1.16. The number of nitrogens with one attached hydrogen (secondary N) is 2. The fourth-order valence-electron chi connectivity index (χ4n) is 5.78. The van der Waals surface area contributed by atoms with Crippen molar-refractivity contribution in [2.75, 3.05) is 13.2 Å². The van der Waals surface area contributed by atoms with Crippen LogP contribution in [0.1, 0.15) is 89.9 Å². The Hall–Kier alpha value is -1.63. The molecular weight excluding hydrogens is 382 g/mol. The topological polar surface area (TPSA) is 87.7 Å². The van der Waals surface area contributed by atoms with E-state index in [9.17, 15) is 14.4 Å². The molecule has 2 aliphatic carbocycles. The van der Waals surface area contributed by atoms with Crippen LogP contribution in [0.15, 0.2) is 0 Å². The molecule has 0 aromatic carbocycles. The van der Waals surface area contributed by atoms with Crippen molar-refractivity contribution in [3.63, 3.8) is 0 Å². The van der Waals surface area contributed by atoms with E-state index in [-0.39, 0.29) is 29.9 Å². The van der Waals surface area contributed by atoms with Gasteiger partial charge in [-0.05, 0) is 44.9 Å². The summed E-state index contributed by atoms with van der Waals surface area (Å²) in [6, 6.07) is -0.295. The Morgan fingerprint density at radius 3 is 2.37 bits per heavy atom. The van der Waals surface area contributed by atoms with Crippen molar-refractivity contribution >= 4 is 17.7 Å². The van der Waals surface area contributed by atoms with E-state index in [4.69, 9.17) is 4.74 Å². The van der Waals surface area contributed by atoms with Crippen LogP contribution in [0.2, 0.25) is 0 Å². The fraction of sp³-hybridized carbons (Fsp3) is 0.870. The van der Waals surface area contributed by atoms with Gasteiger partial charge in [-0.1, -0.05) is 38.5 Å². The molecular formula is C23H37N3O4. The summed E-state index contributed by atoms with van der Waals surface area (Å²) < 4.78 is 5.87. The molecule has 2 N–H and O–H groups in total. The van der Waals surface area contributed by atoms with Crippen molar-refractivity contribution in [3.05, 3.63) is 0 Å². The summed E-state index contributed by atoms with van der Waals surface area (Å²) in [5.74, 6) is -0.156. The van der Waals surface area contributed by atoms with E-state index in [1.165, 1.54) is 6.42 Å². The predicted octanol–water partition coefficient (Wildman–Crippen LogP) is 2.42. The molecule has 0 radical (unpaired) electrons. The number of carbonyl (C=O) groups is 3. The van der Waals surface area contributed by atoms with Crippen molar-refractivity contribution in [3.8, 4) is 0 Å². The van der Waals surface area contributed by atoms with Gasteiger partial charge in [0.05, 0.1) is 6.10 Å². The number of ether oxygens (including phenoxy) is 1. The third-order valence-corrected chi connectivity index (χ3v) is 7.53. The zero-order chi connectivity index (χ0) is 21.0. The molecule has 2 saturated heterocycles. The van der Waals surface area contributed by atoms with Gasteiger partial charge in [0.15, 0.2) is 0 Å². The average Bonchev–Trinajstić information content (AvgIpc) is 3.44. The SMILES string of the molecule is O=C1CC[C@H](C(=O)N(C[C@H]2CCCO2)C2(C(=O)NC3CCCCC3)CCCCC2)N1. The van der Waals surface area contributed by atoms with Gasteiger partial charge in [-0.2, -0.15) is 0 Å². The standard InChI is InChI=1S/C23H37N3O4/c27-20-12-11-19(25-20)21(28)26(16-18-10-7-15-30-18)23(13-5-2-6-14-23)22(29)24-17-8-3-1-4-9-17/h17-19H,1-16H2,(H,24,29)(H,25,27)/t18-,19-/m1/s1. The molecule has 0 bridgehead atoms. The Morgan fingerprint density at radius 1 is 1.00 bits per heavy atom. The summed E-state index contributed by atoms with van der Waals surface area (Å²) in [5.41, 5.74) is -0.813. The van der Waals surface area contributed by atoms with E-state index >= 15 is 0 Å². The minimum atomic E-state index is -0.813. The summed E-state index contributed by atoms with van der Waals surface area (Å²) in [4.78, 5) is 41.0. The van der Waals surface area contributed by atoms with E-state index in [1.54, 1.807) is 0 Å². The maximum absolute atomic E-state index is 13.8. The van der Waals surface area contributed by atoms with E-state index in [1.807, 2.05) is 4.90 Å². The van der Waals surface area contributed by atoms with Gasteiger partial charge in [-0.15, -0.1) is 0 Å². The number of nitrogens with zero attached hydrogens (tertiary/aromatic N) is 1. The first-order valence-corrected chi connectivity index (χ1v) is 12.1. The quantitative estimate of drug-likeness (QED) is 0.692. The molecule has 2 saturated carbocycles. The zero-order valence-corrected chi connectivity index (χ0v) is 18.1. The Kier molecular flexibility index (Phi) is 6.96. The van der Waals surface area contributed by atoms with E-state index in [2.05, 4.69) is 10.6 Å². The molecule has 7 nitrogen and oxygen atoms in total. The van der Waals surface area contributed by atoms with Crippen molar-refractivity contribution < 1.29 is 19.1 Å². The van der Waals surface area contributed by atoms with Gasteiger partial charge in [0.1, 0.15) is 11.6 Å². The lowest BCUT2D eigenvalue weighted by Crippen LogP contribution is -2.66. The smallest absolute Gasteiger partial charge is 0.246 e. The molecule has 0 spiro atoms. The Labute approximate surface area is 179 Å². The summed E-state index contributed by atoms with van der Waals surface area (Å²) >= 11 is 0. The summed E-state index contributed by atoms with van der Waals surface area (Å²) in [5, 5.41) is 6.16. The van der Waals surface area contributed by atoms with Crippen molar-refractivity contribution in [2.45, 2.75) is 114 Å². The summed E-state index contributed by atoms with van der Waals surface area (Å²) in [7, 11) is 0. The lowest BCUT2D eigenvalue weighted by molar-refractivity contribution is -0.154. The van der Waals surface area contributed by atoms with Crippen LogP contribution in [0.25, 0.3) is 0 Å². The number of carbonyl (C=O) groups excluding carboxylic acids is 3. The first-order chi connectivity index (χ1) is 14.6. The van der Waals surface area contributed by atoms with Crippen LogP contribution >= 0.6 is 0 Å². The van der Waals surface area contributed by atoms with Crippen LogP contribution in [-0.2, 0) is 19.1 Å². The molecule has 0 aromatic rings. The lowest BCUT2D eigenvalue weighted by Gasteiger charge is -2.47. The third-order valence-electron chi connectivity index (χ3n) is 7.53. The molecule has 2 aliphatic heterocycles. The Balaban J connectivity index is 1.58. The second kappa shape index (κ2) is 9.67. The highest BCUT2D eigenvalue weighted by Gasteiger charge is 2.50. The second-order valence-electron chi connectivity index (χ2n) is 9.64. The number of rotatable bonds is 6. The van der Waals surface area contributed by atoms with Crippen molar-refractivity contribution in [1.29, 1.82) is 0 Å². The number of amides is 3. The van der Waals surface area contributed by atoms with Crippen LogP contribution in [0, 0.1) is 0 Å². The molecule has 2 heterocycles. The average molecular weight is 420 g/mol. The molecule has 3 amide bonds. The van der Waals surface area contributed by atoms with Crippen LogP contribution < -0.4 is 10.6 Å². The molecule has 2 atom stereocenters. The molecule has 0 aromatic heterocycles. The van der Waals surface area contributed by atoms with Crippen LogP contribution in [0.4, 0.5) is 0 Å². The molecule has 7 heteroatoms. The summed E-state index contributed by atoms with van der Waals surface area (Å²) in [6.07, 6.45) is 12.8. The number of hydrogen-bond donors (Lipinski definition) is 2. The second-order valence-corrected chi connectivity index (χ2v) is 9.64. The third kappa shape index (κ3) is 4.66. The van der Waals surface area contributed by atoms with Crippen molar-refractivity contribution in [2.24, 2.45) is 0 Å². The largest absolute Gasteiger partial charge is 0.376 e. The highest BCUT2D eigenvalue weighted by atomic mass is 16.5. The minimum absolute atomic E-state index is 0.0183. The van der Waals surface area contributed by atoms with Crippen LogP contribution in [-0.4, -0.2) is 59.5 Å². The van der Waals surface area contributed by atoms with E-state index < -0.39 is 11.6 Å². The zero-order valence-electron chi connectivity index (χ0n) is 18.1. The molecule has 4 fully saturated rings. The molecule has 4 aliphatic rings. The van der Waals surface area contributed by atoms with E-state index in [0.29, 0.717) is 38.8 Å². The maximum Gasteiger partial charge on any atom is 0.246 e. The van der Waals surface area contributed by atoms with E-state index in [0.717, 1.165) is 57.8 Å². The van der Waals surface area contributed by atoms with Gasteiger partial charge in [0.25, 0.3) is 0 Å². The molecule has 30 heavy (non-hydrogen) atoms. The van der Waals surface area contributed by atoms with Gasteiger partial charge >= 0.3 is 0 Å². The van der Waals surface area contributed by atoms with Crippen LogP contribution in [0.3, 0.4) is 0 Å². The highest BCUT2D eigenvalue weighted by molar-refractivity contribution is 5.96. The number of hydrogen-bond acceptors (Lipinski definition) is 4. The van der Waals surface area contributed by atoms with Crippen LogP contribution in [0.5, 0.6) is 0 Å². The minimum Gasteiger partial charge on any atom is -0.376 e. The first-order valence-electron chi connectivity index (χ1n) is 12.1. The molecule has 0 unspecified atom stereocenters. The normalized spacial score (nSPS) is 29.4. The molecule has 168 valence electrons. The Bertz CT molecular complexity index is 634. The lowest BCUT2D eigenvalue weighted by atomic mass is 9.78. The highest BCUT2D eigenvalue weighted by Crippen LogP contribution is 2.37. The fourth-order valence-corrected chi connectivity index (χ4v) is 5.78. The van der Waals surface area contributed by atoms with Crippen molar-refractivity contribution in [1.82, 2.24) is 15.5 Å². The maximum atomic E-state index is 13.8. The monoisotopic (exact) mass is 419 g/mol. The molecule has 4 rings (SSSR count). The first kappa shape index (κ1) is 21.6.